The topological polar surface area (TPSA) is 26.0 Å². The molecule has 0 saturated heterocycles. The zero-order chi connectivity index (χ0) is 11.1. The maximum absolute atomic E-state index is 13.5. The van der Waals surface area contributed by atoms with Gasteiger partial charge in [0.05, 0.1) is 5.02 Å². The molecule has 82 valence electrons. The van der Waals surface area contributed by atoms with Crippen LogP contribution in [0.15, 0.2) is 16.6 Å². The summed E-state index contributed by atoms with van der Waals surface area (Å²) in [5.74, 6) is -0.374. The lowest BCUT2D eigenvalue weighted by molar-refractivity contribution is 0.252. The highest BCUT2D eigenvalue weighted by Gasteiger charge is 2.37. The van der Waals surface area contributed by atoms with E-state index in [2.05, 4.69) is 15.9 Å². The second kappa shape index (κ2) is 4.04. The van der Waals surface area contributed by atoms with Crippen molar-refractivity contribution in [2.24, 2.45) is 5.73 Å². The van der Waals surface area contributed by atoms with Crippen LogP contribution in [-0.4, -0.2) is 6.54 Å². The standard InChI is InChI=1S/C11H12BrClFN/c12-8-4-7(5-9(14)10(8)13)11(6-15)2-1-3-11/h4-5H,1-3,6,15H2. The molecule has 1 saturated carbocycles. The van der Waals surface area contributed by atoms with Crippen molar-refractivity contribution in [1.29, 1.82) is 0 Å². The summed E-state index contributed by atoms with van der Waals surface area (Å²) in [6.07, 6.45) is 3.24. The summed E-state index contributed by atoms with van der Waals surface area (Å²) >= 11 is 9.01. The van der Waals surface area contributed by atoms with Crippen molar-refractivity contribution >= 4 is 27.5 Å². The molecule has 2 N–H and O–H groups in total. The fraction of sp³-hybridized carbons (Fsp3) is 0.455. The molecule has 0 unspecified atom stereocenters. The van der Waals surface area contributed by atoms with Gasteiger partial charge in [-0.25, -0.2) is 4.39 Å². The molecule has 4 heteroatoms. The van der Waals surface area contributed by atoms with E-state index in [1.807, 2.05) is 6.07 Å². The summed E-state index contributed by atoms with van der Waals surface area (Å²) in [5, 5.41) is 0.144. The van der Waals surface area contributed by atoms with Gasteiger partial charge in [0.1, 0.15) is 5.82 Å². The Morgan fingerprint density at radius 2 is 2.13 bits per heavy atom. The van der Waals surface area contributed by atoms with Gasteiger partial charge in [-0.2, -0.15) is 0 Å². The van der Waals surface area contributed by atoms with E-state index < -0.39 is 0 Å². The Bertz CT molecular complexity index is 362. The molecule has 1 nitrogen and oxygen atoms in total. The van der Waals surface area contributed by atoms with Crippen LogP contribution in [0.25, 0.3) is 0 Å². The van der Waals surface area contributed by atoms with Gasteiger partial charge >= 0.3 is 0 Å². The van der Waals surface area contributed by atoms with Crippen molar-refractivity contribution in [3.05, 3.63) is 33.0 Å². The highest BCUT2D eigenvalue weighted by molar-refractivity contribution is 9.10. The molecule has 1 aliphatic rings. The van der Waals surface area contributed by atoms with Gasteiger partial charge in [0.15, 0.2) is 0 Å². The fourth-order valence-corrected chi connectivity index (χ4v) is 2.62. The van der Waals surface area contributed by atoms with Crippen molar-refractivity contribution in [3.63, 3.8) is 0 Å². The van der Waals surface area contributed by atoms with Gasteiger partial charge in [0.25, 0.3) is 0 Å². The molecule has 0 atom stereocenters. The molecule has 1 aliphatic carbocycles. The number of hydrogen-bond donors (Lipinski definition) is 1. The predicted octanol–water partition coefficient (Wildman–Crippen LogP) is 3.62. The highest BCUT2D eigenvalue weighted by Crippen LogP contribution is 2.44. The Hall–Kier alpha value is -0.120. The van der Waals surface area contributed by atoms with Crippen LogP contribution >= 0.6 is 27.5 Å². The van der Waals surface area contributed by atoms with Crippen LogP contribution in [0, 0.1) is 5.82 Å². The van der Waals surface area contributed by atoms with E-state index in [-0.39, 0.29) is 16.3 Å². The van der Waals surface area contributed by atoms with E-state index >= 15 is 0 Å². The third kappa shape index (κ3) is 1.81. The normalized spacial score (nSPS) is 18.7. The molecule has 0 bridgehead atoms. The zero-order valence-corrected chi connectivity index (χ0v) is 10.5. The summed E-state index contributed by atoms with van der Waals surface area (Å²) in [6.45, 7) is 0.570. The predicted molar refractivity (Wildman–Crippen MR) is 63.7 cm³/mol. The third-order valence-electron chi connectivity index (χ3n) is 3.30. The molecule has 1 aromatic rings. The molecule has 0 amide bonds. The van der Waals surface area contributed by atoms with E-state index in [9.17, 15) is 4.39 Å². The molecule has 0 aliphatic heterocycles. The first-order chi connectivity index (χ1) is 7.09. The average molecular weight is 293 g/mol. The summed E-state index contributed by atoms with van der Waals surface area (Å²) in [6, 6.07) is 3.40. The molecule has 15 heavy (non-hydrogen) atoms. The average Bonchev–Trinajstić information content (AvgIpc) is 2.13. The second-order valence-corrected chi connectivity index (χ2v) is 5.32. The minimum Gasteiger partial charge on any atom is -0.330 e. The highest BCUT2D eigenvalue weighted by atomic mass is 79.9. The van der Waals surface area contributed by atoms with Gasteiger partial charge < -0.3 is 5.73 Å². The monoisotopic (exact) mass is 291 g/mol. The minimum absolute atomic E-state index is 0.0199. The van der Waals surface area contributed by atoms with Crippen molar-refractivity contribution in [2.45, 2.75) is 24.7 Å². The van der Waals surface area contributed by atoms with E-state index in [1.54, 1.807) is 0 Å². The van der Waals surface area contributed by atoms with Gasteiger partial charge in [-0.05, 0) is 46.5 Å². The van der Waals surface area contributed by atoms with E-state index in [0.717, 1.165) is 18.4 Å². The number of halogens is 3. The van der Waals surface area contributed by atoms with Gasteiger partial charge in [-0.3, -0.25) is 0 Å². The summed E-state index contributed by atoms with van der Waals surface area (Å²) < 4.78 is 14.1. The van der Waals surface area contributed by atoms with Crippen LogP contribution < -0.4 is 5.73 Å². The maximum atomic E-state index is 13.5. The van der Waals surface area contributed by atoms with Gasteiger partial charge in [0, 0.05) is 16.4 Å². The molecule has 2 rings (SSSR count). The molecular weight excluding hydrogens is 280 g/mol. The van der Waals surface area contributed by atoms with Crippen LogP contribution in [-0.2, 0) is 5.41 Å². The van der Waals surface area contributed by atoms with Gasteiger partial charge in [-0.1, -0.05) is 18.0 Å². The lowest BCUT2D eigenvalue weighted by Crippen LogP contribution is -2.41. The Kier molecular flexibility index (Phi) is 3.06. The molecular formula is C11H12BrClFN. The summed E-state index contributed by atoms with van der Waals surface area (Å²) in [7, 11) is 0. The minimum atomic E-state index is -0.374. The number of nitrogens with two attached hydrogens (primary N) is 1. The quantitative estimate of drug-likeness (QED) is 0.828. The van der Waals surface area contributed by atoms with Crippen LogP contribution in [0.1, 0.15) is 24.8 Å². The Morgan fingerprint density at radius 1 is 1.47 bits per heavy atom. The van der Waals surface area contributed by atoms with E-state index in [4.69, 9.17) is 17.3 Å². The lowest BCUT2D eigenvalue weighted by Gasteiger charge is -2.41. The molecule has 0 heterocycles. The molecule has 0 spiro atoms. The van der Waals surface area contributed by atoms with Crippen LogP contribution in [0.5, 0.6) is 0 Å². The SMILES string of the molecule is NCC1(c2cc(F)c(Cl)c(Br)c2)CCC1. The smallest absolute Gasteiger partial charge is 0.143 e. The van der Waals surface area contributed by atoms with E-state index in [0.29, 0.717) is 11.0 Å². The summed E-state index contributed by atoms with van der Waals surface area (Å²) in [4.78, 5) is 0. The lowest BCUT2D eigenvalue weighted by atomic mass is 9.64. The molecule has 0 aromatic heterocycles. The number of hydrogen-bond acceptors (Lipinski definition) is 1. The first kappa shape index (κ1) is 11.4. The van der Waals surface area contributed by atoms with Gasteiger partial charge in [0.2, 0.25) is 0 Å². The molecule has 1 fully saturated rings. The van der Waals surface area contributed by atoms with Crippen LogP contribution in [0.2, 0.25) is 5.02 Å². The van der Waals surface area contributed by atoms with E-state index in [1.165, 1.54) is 12.5 Å². The van der Waals surface area contributed by atoms with Crippen molar-refractivity contribution in [2.75, 3.05) is 6.54 Å². The Morgan fingerprint density at radius 3 is 2.53 bits per heavy atom. The van der Waals surface area contributed by atoms with Crippen molar-refractivity contribution < 1.29 is 4.39 Å². The fourth-order valence-electron chi connectivity index (χ4n) is 2.08. The third-order valence-corrected chi connectivity index (χ3v) is 4.54. The number of benzene rings is 1. The Balaban J connectivity index is 2.45. The van der Waals surface area contributed by atoms with Crippen molar-refractivity contribution in [3.8, 4) is 0 Å². The maximum Gasteiger partial charge on any atom is 0.143 e. The molecule has 1 aromatic carbocycles. The first-order valence-corrected chi connectivity index (χ1v) is 6.11. The van der Waals surface area contributed by atoms with Gasteiger partial charge in [-0.15, -0.1) is 0 Å². The first-order valence-electron chi connectivity index (χ1n) is 4.94. The van der Waals surface area contributed by atoms with Crippen LogP contribution in [0.4, 0.5) is 4.39 Å². The van der Waals surface area contributed by atoms with Crippen molar-refractivity contribution in [1.82, 2.24) is 0 Å². The zero-order valence-electron chi connectivity index (χ0n) is 8.19. The largest absolute Gasteiger partial charge is 0.330 e. The summed E-state index contributed by atoms with van der Waals surface area (Å²) in [5.41, 5.74) is 6.71. The second-order valence-electron chi connectivity index (χ2n) is 4.09. The molecule has 0 radical (unpaired) electrons. The number of rotatable bonds is 2. The Labute approximate surface area is 102 Å². The van der Waals surface area contributed by atoms with Crippen LogP contribution in [0.3, 0.4) is 0 Å².